The molecule has 0 amide bonds. The van der Waals surface area contributed by atoms with Gasteiger partial charge in [0.2, 0.25) is 0 Å². The monoisotopic (exact) mass is 337 g/mol. The van der Waals surface area contributed by atoms with Gasteiger partial charge in [-0.05, 0) is 26.0 Å². The van der Waals surface area contributed by atoms with Crippen molar-refractivity contribution in [3.8, 4) is 0 Å². The van der Waals surface area contributed by atoms with Crippen LogP contribution >= 0.6 is 11.3 Å². The van der Waals surface area contributed by atoms with E-state index in [1.807, 2.05) is 0 Å². The Morgan fingerprint density at radius 2 is 2.00 bits per heavy atom. The number of nitrogens with zero attached hydrogens (tertiary/aromatic N) is 2. The van der Waals surface area contributed by atoms with Crippen LogP contribution in [-0.4, -0.2) is 30.9 Å². The van der Waals surface area contributed by atoms with Gasteiger partial charge in [-0.25, -0.2) is 13.4 Å². The van der Waals surface area contributed by atoms with E-state index in [4.69, 9.17) is 0 Å². The first-order valence-corrected chi connectivity index (χ1v) is 9.56. The van der Waals surface area contributed by atoms with E-state index in [-0.39, 0.29) is 4.90 Å². The highest BCUT2D eigenvalue weighted by Gasteiger charge is 2.24. The number of sulfonamides is 1. The lowest BCUT2D eigenvalue weighted by atomic mass is 10.1. The second-order valence-electron chi connectivity index (χ2n) is 5.62. The molecule has 118 valence electrons. The molecule has 0 fully saturated rings. The lowest BCUT2D eigenvalue weighted by Crippen LogP contribution is -2.35. The fourth-order valence-electron chi connectivity index (χ4n) is 2.47. The normalized spacial score (nSPS) is 15.8. The smallest absolute Gasteiger partial charge is 0.263 e. The zero-order valence-corrected chi connectivity index (χ0v) is 14.2. The van der Waals surface area contributed by atoms with Crippen molar-refractivity contribution < 1.29 is 8.42 Å². The fourth-order valence-corrected chi connectivity index (χ4v) is 4.76. The molecule has 0 bridgehead atoms. The highest BCUT2D eigenvalue weighted by molar-refractivity contribution is 7.93. The van der Waals surface area contributed by atoms with Gasteiger partial charge in [-0.3, -0.25) is 9.62 Å². The topological polar surface area (TPSA) is 62.3 Å². The number of aromatic nitrogens is 1. The first-order valence-electron chi connectivity index (χ1n) is 7.26. The molecule has 1 aromatic heterocycles. The highest BCUT2D eigenvalue weighted by Crippen LogP contribution is 2.30. The van der Waals surface area contributed by atoms with Crippen LogP contribution in [0.15, 0.2) is 35.2 Å². The summed E-state index contributed by atoms with van der Waals surface area (Å²) in [5, 5.41) is 0.458. The molecule has 0 saturated carbocycles. The summed E-state index contributed by atoms with van der Waals surface area (Å²) in [6, 6.07) is 8.86. The number of fused-ring (bicyclic) bond motifs is 1. The molecule has 0 radical (unpaired) electrons. The predicted octanol–water partition coefficient (Wildman–Crippen LogP) is 2.71. The Labute approximate surface area is 135 Å². The largest absolute Gasteiger partial charge is 0.295 e. The van der Waals surface area contributed by atoms with E-state index in [0.29, 0.717) is 11.2 Å². The third-order valence-corrected chi connectivity index (χ3v) is 6.25. The summed E-state index contributed by atoms with van der Waals surface area (Å²) in [5.41, 5.74) is 1.02. The molecule has 0 saturated heterocycles. The first kappa shape index (κ1) is 15.5. The number of anilines is 1. The summed E-state index contributed by atoms with van der Waals surface area (Å²) in [6.07, 6.45) is 0.872. The van der Waals surface area contributed by atoms with Crippen LogP contribution in [0.1, 0.15) is 24.4 Å². The van der Waals surface area contributed by atoms with Crippen molar-refractivity contribution in [2.75, 3.05) is 11.3 Å². The summed E-state index contributed by atoms with van der Waals surface area (Å²) in [5.74, 6) is 0. The van der Waals surface area contributed by atoms with Crippen molar-refractivity contribution in [1.82, 2.24) is 9.88 Å². The fraction of sp³-hybridized carbons (Fsp3) is 0.400. The van der Waals surface area contributed by atoms with E-state index >= 15 is 0 Å². The van der Waals surface area contributed by atoms with Crippen molar-refractivity contribution >= 4 is 26.5 Å². The van der Waals surface area contributed by atoms with Crippen LogP contribution in [0.25, 0.3) is 0 Å². The summed E-state index contributed by atoms with van der Waals surface area (Å²) >= 11 is 1.43. The molecule has 7 heteroatoms. The molecule has 2 aromatic rings. The maximum Gasteiger partial charge on any atom is 0.263 e. The van der Waals surface area contributed by atoms with Crippen LogP contribution in [0.3, 0.4) is 0 Å². The van der Waals surface area contributed by atoms with E-state index in [1.54, 1.807) is 30.3 Å². The molecule has 0 unspecified atom stereocenters. The average molecular weight is 337 g/mol. The van der Waals surface area contributed by atoms with E-state index < -0.39 is 10.0 Å². The molecule has 1 aliphatic heterocycles. The van der Waals surface area contributed by atoms with Gasteiger partial charge >= 0.3 is 0 Å². The van der Waals surface area contributed by atoms with Gasteiger partial charge in [0.25, 0.3) is 10.0 Å². The van der Waals surface area contributed by atoms with Crippen molar-refractivity contribution in [2.45, 2.75) is 37.8 Å². The molecule has 1 N–H and O–H groups in total. The Kier molecular flexibility index (Phi) is 4.20. The Balaban J connectivity index is 1.81. The lowest BCUT2D eigenvalue weighted by Gasteiger charge is -2.29. The minimum atomic E-state index is -3.56. The van der Waals surface area contributed by atoms with Crippen LogP contribution in [0, 0.1) is 0 Å². The number of hydrogen-bond acceptors (Lipinski definition) is 5. The van der Waals surface area contributed by atoms with Gasteiger partial charge in [0.1, 0.15) is 0 Å². The number of hydrogen-bond donors (Lipinski definition) is 1. The third kappa shape index (κ3) is 3.16. The van der Waals surface area contributed by atoms with Crippen LogP contribution < -0.4 is 4.72 Å². The molecule has 0 spiro atoms. The summed E-state index contributed by atoms with van der Waals surface area (Å²) in [7, 11) is -3.56. The molecule has 22 heavy (non-hydrogen) atoms. The molecular weight excluding hydrogens is 318 g/mol. The van der Waals surface area contributed by atoms with Crippen LogP contribution in [0.5, 0.6) is 0 Å². The molecule has 0 aliphatic carbocycles. The van der Waals surface area contributed by atoms with Crippen LogP contribution in [-0.2, 0) is 23.0 Å². The number of thiazole rings is 1. The molecule has 3 rings (SSSR count). The van der Waals surface area contributed by atoms with Crippen molar-refractivity contribution in [2.24, 2.45) is 0 Å². The average Bonchev–Trinajstić information content (AvgIpc) is 2.88. The van der Waals surface area contributed by atoms with Gasteiger partial charge < -0.3 is 0 Å². The van der Waals surface area contributed by atoms with Gasteiger partial charge in [-0.15, -0.1) is 0 Å². The third-order valence-electron chi connectivity index (χ3n) is 3.77. The molecule has 1 aromatic carbocycles. The van der Waals surface area contributed by atoms with Gasteiger partial charge in [0.05, 0.1) is 10.6 Å². The summed E-state index contributed by atoms with van der Waals surface area (Å²) in [4.78, 5) is 8.24. The quantitative estimate of drug-likeness (QED) is 0.932. The lowest BCUT2D eigenvalue weighted by molar-refractivity contribution is 0.205. The number of benzene rings is 1. The zero-order chi connectivity index (χ0) is 15.7. The van der Waals surface area contributed by atoms with Crippen LogP contribution in [0.2, 0.25) is 0 Å². The second kappa shape index (κ2) is 5.98. The van der Waals surface area contributed by atoms with E-state index in [2.05, 4.69) is 28.5 Å². The molecule has 0 atom stereocenters. The number of nitrogens with one attached hydrogen (secondary N) is 1. The van der Waals surface area contributed by atoms with Gasteiger partial charge in [-0.2, -0.15) is 0 Å². The Morgan fingerprint density at radius 3 is 2.68 bits per heavy atom. The Hall–Kier alpha value is -1.44. The predicted molar refractivity (Wildman–Crippen MR) is 88.6 cm³/mol. The maximum absolute atomic E-state index is 12.3. The van der Waals surface area contributed by atoms with Gasteiger partial charge in [0, 0.05) is 30.4 Å². The Bertz CT molecular complexity index is 754. The molecule has 2 heterocycles. The van der Waals surface area contributed by atoms with Crippen molar-refractivity contribution in [3.63, 3.8) is 0 Å². The zero-order valence-electron chi connectivity index (χ0n) is 12.6. The molecule has 1 aliphatic rings. The van der Waals surface area contributed by atoms with E-state index in [0.717, 1.165) is 30.1 Å². The summed E-state index contributed by atoms with van der Waals surface area (Å²) in [6.45, 7) is 6.16. The highest BCUT2D eigenvalue weighted by atomic mass is 32.2. The van der Waals surface area contributed by atoms with E-state index in [9.17, 15) is 8.42 Å². The molecule has 5 nitrogen and oxygen atoms in total. The molecular formula is C15H19N3O2S2. The van der Waals surface area contributed by atoms with Crippen molar-refractivity contribution in [3.05, 3.63) is 40.9 Å². The minimum Gasteiger partial charge on any atom is -0.295 e. The second-order valence-corrected chi connectivity index (χ2v) is 8.39. The van der Waals surface area contributed by atoms with Gasteiger partial charge in [0.15, 0.2) is 5.13 Å². The van der Waals surface area contributed by atoms with E-state index in [1.165, 1.54) is 11.3 Å². The van der Waals surface area contributed by atoms with Crippen LogP contribution in [0.4, 0.5) is 5.13 Å². The first-order chi connectivity index (χ1) is 10.5. The standard InChI is InChI=1S/C15H19N3O2S2/c1-11(2)18-9-8-13-14(10-18)21-15(16-13)17-22(19,20)12-6-4-3-5-7-12/h3-7,11H,8-10H2,1-2H3,(H,16,17). The minimum absolute atomic E-state index is 0.256. The van der Waals surface area contributed by atoms with Gasteiger partial charge in [-0.1, -0.05) is 29.5 Å². The maximum atomic E-state index is 12.3. The van der Waals surface area contributed by atoms with Crippen molar-refractivity contribution in [1.29, 1.82) is 0 Å². The number of rotatable bonds is 4. The SMILES string of the molecule is CC(C)N1CCc2nc(NS(=O)(=O)c3ccccc3)sc2C1. The summed E-state index contributed by atoms with van der Waals surface area (Å²) < 4.78 is 27.3. The Morgan fingerprint density at radius 1 is 1.27 bits per heavy atom.